The number of nitrogens with zero attached hydrogens (tertiary/aromatic N) is 1. The number of ether oxygens (including phenoxy) is 2. The Labute approximate surface area is 179 Å². The van der Waals surface area contributed by atoms with Gasteiger partial charge in [-0.05, 0) is 49.1 Å². The quantitative estimate of drug-likeness (QED) is 0.645. The highest BCUT2D eigenvalue weighted by molar-refractivity contribution is 5.87. The molecule has 2 aromatic rings. The summed E-state index contributed by atoms with van der Waals surface area (Å²) in [5, 5.41) is 2.79. The Bertz CT molecular complexity index is 833. The second-order valence-electron chi connectivity index (χ2n) is 7.42. The third-order valence-electron chi connectivity index (χ3n) is 4.92. The molecule has 2 rings (SSSR count). The summed E-state index contributed by atoms with van der Waals surface area (Å²) in [6.45, 7) is 8.42. The van der Waals surface area contributed by atoms with E-state index in [0.717, 1.165) is 16.9 Å². The number of benzene rings is 2. The van der Waals surface area contributed by atoms with Gasteiger partial charge in [0, 0.05) is 13.1 Å². The molecule has 6 nitrogen and oxygen atoms in total. The number of methoxy groups -OCH3 is 1. The predicted octanol–water partition coefficient (Wildman–Crippen LogP) is 3.75. The Morgan fingerprint density at radius 3 is 2.30 bits per heavy atom. The molecule has 0 fully saturated rings. The van der Waals surface area contributed by atoms with Crippen molar-refractivity contribution in [3.05, 3.63) is 59.7 Å². The van der Waals surface area contributed by atoms with E-state index in [0.29, 0.717) is 18.8 Å². The lowest BCUT2D eigenvalue weighted by Gasteiger charge is -2.29. The lowest BCUT2D eigenvalue weighted by Crippen LogP contribution is -2.49. The van der Waals surface area contributed by atoms with Gasteiger partial charge in [0.2, 0.25) is 5.91 Å². The Balaban J connectivity index is 2.17. The Morgan fingerprint density at radius 1 is 1.03 bits per heavy atom. The summed E-state index contributed by atoms with van der Waals surface area (Å²) < 4.78 is 11.1. The van der Waals surface area contributed by atoms with Crippen LogP contribution in [0.15, 0.2) is 48.5 Å². The van der Waals surface area contributed by atoms with Crippen molar-refractivity contribution in [2.24, 2.45) is 0 Å². The third-order valence-corrected chi connectivity index (χ3v) is 4.92. The zero-order valence-electron chi connectivity index (χ0n) is 18.5. The van der Waals surface area contributed by atoms with Gasteiger partial charge >= 0.3 is 0 Å². The van der Waals surface area contributed by atoms with Crippen LogP contribution in [0.25, 0.3) is 0 Å². The van der Waals surface area contributed by atoms with Crippen LogP contribution < -0.4 is 14.8 Å². The minimum absolute atomic E-state index is 0.135. The molecule has 1 N–H and O–H groups in total. The summed E-state index contributed by atoms with van der Waals surface area (Å²) in [6, 6.07) is 14.5. The van der Waals surface area contributed by atoms with Crippen molar-refractivity contribution < 1.29 is 19.1 Å². The number of rotatable bonds is 10. The number of hydrogen-bond donors (Lipinski definition) is 1. The first kappa shape index (κ1) is 23.3. The van der Waals surface area contributed by atoms with E-state index in [-0.39, 0.29) is 24.3 Å². The van der Waals surface area contributed by atoms with Crippen molar-refractivity contribution in [2.75, 3.05) is 20.3 Å². The normalized spacial score (nSPS) is 11.7. The van der Waals surface area contributed by atoms with E-state index >= 15 is 0 Å². The molecule has 1 atom stereocenters. The monoisotopic (exact) mass is 412 g/mol. The summed E-state index contributed by atoms with van der Waals surface area (Å²) >= 11 is 0. The van der Waals surface area contributed by atoms with Crippen molar-refractivity contribution in [3.63, 3.8) is 0 Å². The van der Waals surface area contributed by atoms with Gasteiger partial charge in [-0.1, -0.05) is 44.2 Å². The first-order valence-electron chi connectivity index (χ1n) is 10.3. The van der Waals surface area contributed by atoms with E-state index in [4.69, 9.17) is 9.47 Å². The number of amides is 2. The van der Waals surface area contributed by atoms with E-state index < -0.39 is 6.04 Å². The molecule has 0 aliphatic heterocycles. The standard InChI is InChI=1S/C24H32N2O4/c1-6-25-24(28)18(4)26(15-19-11-13-20(29-5)14-12-19)23(27)16-30-22-10-8-7-9-21(22)17(2)3/h7-14,17-18H,6,15-16H2,1-5H3,(H,25,28)/t18-/m0/s1. The van der Waals surface area contributed by atoms with Gasteiger partial charge in [-0.2, -0.15) is 0 Å². The highest BCUT2D eigenvalue weighted by atomic mass is 16.5. The summed E-state index contributed by atoms with van der Waals surface area (Å²) in [6.07, 6.45) is 0. The molecule has 162 valence electrons. The zero-order valence-corrected chi connectivity index (χ0v) is 18.5. The topological polar surface area (TPSA) is 67.9 Å². The fourth-order valence-electron chi connectivity index (χ4n) is 3.14. The van der Waals surface area contributed by atoms with Crippen molar-refractivity contribution in [1.29, 1.82) is 0 Å². The van der Waals surface area contributed by atoms with E-state index in [1.54, 1.807) is 18.9 Å². The molecule has 0 unspecified atom stereocenters. The fourth-order valence-corrected chi connectivity index (χ4v) is 3.14. The van der Waals surface area contributed by atoms with Gasteiger partial charge in [-0.25, -0.2) is 0 Å². The number of hydrogen-bond acceptors (Lipinski definition) is 4. The summed E-state index contributed by atoms with van der Waals surface area (Å²) in [5.74, 6) is 1.27. The maximum atomic E-state index is 13.1. The highest BCUT2D eigenvalue weighted by Gasteiger charge is 2.26. The third kappa shape index (κ3) is 6.24. The van der Waals surface area contributed by atoms with Crippen LogP contribution in [-0.2, 0) is 16.1 Å². The van der Waals surface area contributed by atoms with Gasteiger partial charge in [-0.15, -0.1) is 0 Å². The van der Waals surface area contributed by atoms with Crippen LogP contribution in [0.3, 0.4) is 0 Å². The number of para-hydroxylation sites is 1. The van der Waals surface area contributed by atoms with Crippen molar-refractivity contribution in [3.8, 4) is 11.5 Å². The molecule has 6 heteroatoms. The first-order chi connectivity index (χ1) is 14.4. The lowest BCUT2D eigenvalue weighted by molar-refractivity contribution is -0.142. The maximum absolute atomic E-state index is 13.1. The molecule has 0 radical (unpaired) electrons. The number of likely N-dealkylation sites (N-methyl/N-ethyl adjacent to an activating group) is 1. The predicted molar refractivity (Wildman–Crippen MR) is 118 cm³/mol. The van der Waals surface area contributed by atoms with Gasteiger partial charge in [-0.3, -0.25) is 9.59 Å². The molecule has 0 spiro atoms. The molecule has 0 aliphatic rings. The molecule has 0 aliphatic carbocycles. The molecular weight excluding hydrogens is 380 g/mol. The van der Waals surface area contributed by atoms with Crippen LogP contribution in [0.4, 0.5) is 0 Å². The molecule has 30 heavy (non-hydrogen) atoms. The zero-order chi connectivity index (χ0) is 22.1. The van der Waals surface area contributed by atoms with Gasteiger partial charge in [0.1, 0.15) is 17.5 Å². The SMILES string of the molecule is CCNC(=O)[C@H](C)N(Cc1ccc(OC)cc1)C(=O)COc1ccccc1C(C)C. The molecule has 0 saturated heterocycles. The second-order valence-corrected chi connectivity index (χ2v) is 7.42. The molecule has 2 amide bonds. The highest BCUT2D eigenvalue weighted by Crippen LogP contribution is 2.26. The lowest BCUT2D eigenvalue weighted by atomic mass is 10.0. The van der Waals surface area contributed by atoms with Crippen LogP contribution in [0, 0.1) is 0 Å². The van der Waals surface area contributed by atoms with Gasteiger partial charge < -0.3 is 19.7 Å². The largest absolute Gasteiger partial charge is 0.497 e. The first-order valence-corrected chi connectivity index (χ1v) is 10.3. The van der Waals surface area contributed by atoms with Crippen LogP contribution in [-0.4, -0.2) is 43.0 Å². The average Bonchev–Trinajstić information content (AvgIpc) is 2.76. The van der Waals surface area contributed by atoms with Crippen LogP contribution in [0.2, 0.25) is 0 Å². The van der Waals surface area contributed by atoms with E-state index in [1.165, 1.54) is 0 Å². The summed E-state index contributed by atoms with van der Waals surface area (Å²) in [5.41, 5.74) is 1.95. The van der Waals surface area contributed by atoms with E-state index in [2.05, 4.69) is 19.2 Å². The van der Waals surface area contributed by atoms with Crippen LogP contribution in [0.1, 0.15) is 44.7 Å². The van der Waals surface area contributed by atoms with Gasteiger partial charge in [0.25, 0.3) is 5.91 Å². The van der Waals surface area contributed by atoms with Gasteiger partial charge in [0.05, 0.1) is 7.11 Å². The molecule has 0 saturated carbocycles. The number of carbonyl (C=O) groups is 2. The van der Waals surface area contributed by atoms with Gasteiger partial charge in [0.15, 0.2) is 6.61 Å². The minimum atomic E-state index is -0.622. The molecule has 0 bridgehead atoms. The second kappa shape index (κ2) is 11.2. The van der Waals surface area contributed by atoms with Crippen LogP contribution in [0.5, 0.6) is 11.5 Å². The molecule has 0 heterocycles. The van der Waals surface area contributed by atoms with Crippen molar-refractivity contribution in [2.45, 2.75) is 46.2 Å². The fraction of sp³-hybridized carbons (Fsp3) is 0.417. The van der Waals surface area contributed by atoms with Crippen molar-refractivity contribution in [1.82, 2.24) is 10.2 Å². The number of nitrogens with one attached hydrogen (secondary N) is 1. The molecule has 0 aromatic heterocycles. The summed E-state index contributed by atoms with van der Waals surface area (Å²) in [4.78, 5) is 27.0. The smallest absolute Gasteiger partial charge is 0.261 e. The average molecular weight is 413 g/mol. The minimum Gasteiger partial charge on any atom is -0.497 e. The Kier molecular flexibility index (Phi) is 8.71. The molecule has 2 aromatic carbocycles. The number of carbonyl (C=O) groups excluding carboxylic acids is 2. The molecular formula is C24H32N2O4. The maximum Gasteiger partial charge on any atom is 0.261 e. The van der Waals surface area contributed by atoms with E-state index in [1.807, 2.05) is 55.5 Å². The summed E-state index contributed by atoms with van der Waals surface area (Å²) in [7, 11) is 1.61. The van der Waals surface area contributed by atoms with Crippen LogP contribution >= 0.6 is 0 Å². The Morgan fingerprint density at radius 2 is 1.70 bits per heavy atom. The van der Waals surface area contributed by atoms with Crippen molar-refractivity contribution >= 4 is 11.8 Å². The van der Waals surface area contributed by atoms with E-state index in [9.17, 15) is 9.59 Å². The Hall–Kier alpha value is -3.02.